The first-order valence-corrected chi connectivity index (χ1v) is 12.4. The highest BCUT2D eigenvalue weighted by Crippen LogP contribution is 2.31. The molecule has 0 atom stereocenters. The van der Waals surface area contributed by atoms with Crippen LogP contribution in [0.25, 0.3) is 40.0 Å². The summed E-state index contributed by atoms with van der Waals surface area (Å²) in [6, 6.07) is 21.2. The van der Waals surface area contributed by atoms with Gasteiger partial charge in [0, 0.05) is 27.4 Å². The van der Waals surface area contributed by atoms with E-state index in [4.69, 9.17) is 55.9 Å². The maximum Gasteiger partial charge on any atom is 0.250 e. The molecule has 0 saturated heterocycles. The van der Waals surface area contributed by atoms with E-state index in [0.29, 0.717) is 54.8 Å². The number of carbonyl (C=O) groups is 1. The number of rotatable bonds is 5. The van der Waals surface area contributed by atoms with Crippen LogP contribution in [0.5, 0.6) is 0 Å². The molecule has 184 valence electrons. The molecule has 0 aliphatic carbocycles. The molecule has 0 radical (unpaired) electrons. The molecule has 5 rings (SSSR count). The number of hydrogen-bond acceptors (Lipinski definition) is 5. The Bertz CT molecular complexity index is 1660. The fourth-order valence-corrected chi connectivity index (χ4v) is 4.48. The number of anilines is 1. The molecular weight excluding hydrogens is 553 g/mol. The molecule has 2 heterocycles. The number of benzene rings is 3. The van der Waals surface area contributed by atoms with Crippen molar-refractivity contribution < 1.29 is 13.6 Å². The zero-order chi connectivity index (χ0) is 25.9. The highest BCUT2D eigenvalue weighted by molar-refractivity contribution is 7.80. The fraction of sp³-hybridized carbons (Fsp3) is 0. The molecule has 0 aliphatic rings. The Labute approximate surface area is 231 Å². The summed E-state index contributed by atoms with van der Waals surface area (Å²) in [6.07, 6.45) is 2.85. The largest absolute Gasteiger partial charge is 0.457 e. The lowest BCUT2D eigenvalue weighted by molar-refractivity contribution is -0.115. The van der Waals surface area contributed by atoms with Gasteiger partial charge in [-0.15, -0.1) is 0 Å². The van der Waals surface area contributed by atoms with Crippen molar-refractivity contribution in [1.29, 1.82) is 0 Å². The first-order chi connectivity index (χ1) is 17.8. The zero-order valence-electron chi connectivity index (χ0n) is 18.8. The number of thiocarbonyl (C=S) groups is 1. The van der Waals surface area contributed by atoms with E-state index >= 15 is 0 Å². The molecule has 2 aromatic heterocycles. The summed E-state index contributed by atoms with van der Waals surface area (Å²) in [4.78, 5) is 16.9. The van der Waals surface area contributed by atoms with Crippen molar-refractivity contribution >= 4 is 80.9 Å². The van der Waals surface area contributed by atoms with Gasteiger partial charge in [-0.25, -0.2) is 4.98 Å². The minimum Gasteiger partial charge on any atom is -0.457 e. The van der Waals surface area contributed by atoms with Gasteiger partial charge < -0.3 is 14.2 Å². The molecule has 5 aromatic rings. The lowest BCUT2D eigenvalue weighted by Crippen LogP contribution is -2.32. The van der Waals surface area contributed by atoms with Crippen LogP contribution in [-0.2, 0) is 4.79 Å². The van der Waals surface area contributed by atoms with Crippen molar-refractivity contribution in [3.63, 3.8) is 0 Å². The minimum absolute atomic E-state index is 0.123. The van der Waals surface area contributed by atoms with Gasteiger partial charge in [0.1, 0.15) is 17.0 Å². The number of nitrogens with zero attached hydrogens (tertiary/aromatic N) is 1. The standard InChI is InChI=1S/C27H16Cl3N3O3S/c28-16-11-15(12-17(29)13-16)23-9-6-19(35-23)7-10-25(34)33-27(37)31-18-5-8-24-22(14-18)32-26(36-24)20-3-1-2-4-21(20)30/h1-14H,(H2,31,33,34,37)/b10-7+. The number of furan rings is 1. The van der Waals surface area contributed by atoms with Gasteiger partial charge in [-0.05, 0) is 79.0 Å². The maximum atomic E-state index is 12.3. The number of aromatic nitrogens is 1. The van der Waals surface area contributed by atoms with Gasteiger partial charge in [-0.3, -0.25) is 10.1 Å². The number of oxazole rings is 1. The van der Waals surface area contributed by atoms with Crippen LogP contribution in [0, 0.1) is 0 Å². The van der Waals surface area contributed by atoms with Gasteiger partial charge in [0.15, 0.2) is 10.7 Å². The van der Waals surface area contributed by atoms with Crippen LogP contribution in [-0.4, -0.2) is 16.0 Å². The predicted molar refractivity (Wildman–Crippen MR) is 152 cm³/mol. The smallest absolute Gasteiger partial charge is 0.250 e. The number of halogens is 3. The molecule has 0 saturated carbocycles. The van der Waals surface area contributed by atoms with Gasteiger partial charge in [0.2, 0.25) is 11.8 Å². The van der Waals surface area contributed by atoms with Crippen molar-refractivity contribution in [2.45, 2.75) is 0 Å². The number of nitrogens with one attached hydrogen (secondary N) is 2. The summed E-state index contributed by atoms with van der Waals surface area (Å²) in [6.45, 7) is 0. The fourth-order valence-electron chi connectivity index (χ4n) is 3.52. The lowest BCUT2D eigenvalue weighted by Gasteiger charge is -2.07. The van der Waals surface area contributed by atoms with E-state index in [1.807, 2.05) is 18.2 Å². The summed E-state index contributed by atoms with van der Waals surface area (Å²) in [5, 5.41) is 7.23. The number of fused-ring (bicyclic) bond motifs is 1. The summed E-state index contributed by atoms with van der Waals surface area (Å²) >= 11 is 23.6. The third kappa shape index (κ3) is 6.03. The molecule has 6 nitrogen and oxygen atoms in total. The highest BCUT2D eigenvalue weighted by Gasteiger charge is 2.12. The molecule has 10 heteroatoms. The van der Waals surface area contributed by atoms with Crippen molar-refractivity contribution in [2.75, 3.05) is 5.32 Å². The third-order valence-corrected chi connectivity index (χ3v) is 6.13. The average molecular weight is 569 g/mol. The highest BCUT2D eigenvalue weighted by atomic mass is 35.5. The van der Waals surface area contributed by atoms with Crippen LogP contribution in [0.3, 0.4) is 0 Å². The average Bonchev–Trinajstić information content (AvgIpc) is 3.49. The summed E-state index contributed by atoms with van der Waals surface area (Å²) in [5.74, 6) is 1.04. The molecule has 37 heavy (non-hydrogen) atoms. The van der Waals surface area contributed by atoms with Crippen molar-refractivity contribution in [3.05, 3.63) is 99.7 Å². The summed E-state index contributed by atoms with van der Waals surface area (Å²) in [5.41, 5.74) is 3.27. The van der Waals surface area contributed by atoms with Crippen LogP contribution in [0.2, 0.25) is 15.1 Å². The molecule has 0 spiro atoms. The minimum atomic E-state index is -0.426. The predicted octanol–water partition coefficient (Wildman–Crippen LogP) is 8.24. The van der Waals surface area contributed by atoms with Crippen molar-refractivity contribution in [2.24, 2.45) is 0 Å². The topological polar surface area (TPSA) is 80.3 Å². The normalized spacial score (nSPS) is 11.2. The van der Waals surface area contributed by atoms with Gasteiger partial charge in [0.25, 0.3) is 0 Å². The van der Waals surface area contributed by atoms with Crippen LogP contribution in [0.15, 0.2) is 87.7 Å². The maximum absolute atomic E-state index is 12.3. The Morgan fingerprint density at radius 3 is 2.49 bits per heavy atom. The molecule has 0 unspecified atom stereocenters. The molecular formula is C27H16Cl3N3O3S. The van der Waals surface area contributed by atoms with E-state index in [0.717, 1.165) is 5.56 Å². The van der Waals surface area contributed by atoms with Gasteiger partial charge in [-0.2, -0.15) is 0 Å². The number of amides is 1. The Morgan fingerprint density at radius 2 is 1.70 bits per heavy atom. The van der Waals surface area contributed by atoms with E-state index in [1.165, 1.54) is 12.2 Å². The molecule has 3 aromatic carbocycles. The van der Waals surface area contributed by atoms with Crippen molar-refractivity contribution in [1.82, 2.24) is 10.3 Å². The van der Waals surface area contributed by atoms with E-state index < -0.39 is 5.91 Å². The van der Waals surface area contributed by atoms with Gasteiger partial charge >= 0.3 is 0 Å². The summed E-state index contributed by atoms with van der Waals surface area (Å²) in [7, 11) is 0. The first kappa shape index (κ1) is 25.0. The molecule has 1 amide bonds. The molecule has 0 aliphatic heterocycles. The number of hydrogen-bond donors (Lipinski definition) is 2. The first-order valence-electron chi connectivity index (χ1n) is 10.9. The van der Waals surface area contributed by atoms with E-state index in [9.17, 15) is 4.79 Å². The molecule has 2 N–H and O–H groups in total. The molecule has 0 bridgehead atoms. The third-order valence-electron chi connectivity index (χ3n) is 5.16. The van der Waals surface area contributed by atoms with Crippen molar-refractivity contribution in [3.8, 4) is 22.8 Å². The van der Waals surface area contributed by atoms with Crippen LogP contribution in [0.4, 0.5) is 5.69 Å². The van der Waals surface area contributed by atoms with E-state index in [2.05, 4.69) is 15.6 Å². The zero-order valence-corrected chi connectivity index (χ0v) is 21.9. The van der Waals surface area contributed by atoms with Crippen LogP contribution < -0.4 is 10.6 Å². The monoisotopic (exact) mass is 567 g/mol. The van der Waals surface area contributed by atoms with E-state index in [1.54, 1.807) is 54.6 Å². The van der Waals surface area contributed by atoms with Crippen LogP contribution >= 0.6 is 47.0 Å². The van der Waals surface area contributed by atoms with Crippen LogP contribution in [0.1, 0.15) is 5.76 Å². The second kappa shape index (κ2) is 10.8. The second-order valence-corrected chi connectivity index (χ2v) is 9.51. The lowest BCUT2D eigenvalue weighted by atomic mass is 10.2. The number of carbonyl (C=O) groups excluding carboxylic acids is 1. The SMILES string of the molecule is O=C(/C=C/c1ccc(-c2cc(Cl)cc(Cl)c2)o1)NC(=S)Nc1ccc2oc(-c3ccccc3Cl)nc2c1. The van der Waals surface area contributed by atoms with Gasteiger partial charge in [0.05, 0.1) is 10.6 Å². The summed E-state index contributed by atoms with van der Waals surface area (Å²) < 4.78 is 11.6. The molecule has 0 fully saturated rings. The Balaban J connectivity index is 1.21. The Hall–Kier alpha value is -3.62. The van der Waals surface area contributed by atoms with E-state index in [-0.39, 0.29) is 5.11 Å². The Morgan fingerprint density at radius 1 is 0.919 bits per heavy atom. The quantitative estimate of drug-likeness (QED) is 0.164. The Kier molecular flexibility index (Phi) is 7.30. The second-order valence-electron chi connectivity index (χ2n) is 7.82. The van der Waals surface area contributed by atoms with Gasteiger partial charge in [-0.1, -0.05) is 46.9 Å².